The highest BCUT2D eigenvalue weighted by atomic mass is 16.3. The number of rotatable bonds is 4. The summed E-state index contributed by atoms with van der Waals surface area (Å²) < 4.78 is 0. The quantitative estimate of drug-likeness (QED) is 0.307. The maximum absolute atomic E-state index is 12.2. The molecule has 0 heterocycles. The molecule has 0 aliphatic heterocycles. The van der Waals surface area contributed by atoms with Crippen LogP contribution in [-0.2, 0) is 0 Å². The van der Waals surface area contributed by atoms with Crippen LogP contribution >= 0.6 is 0 Å². The highest BCUT2D eigenvalue weighted by molar-refractivity contribution is 5.76. The number of nitrogens with zero attached hydrogens (tertiary/aromatic N) is 2. The summed E-state index contributed by atoms with van der Waals surface area (Å²) in [5.41, 5.74) is 2.53. The molecule has 4 aliphatic carbocycles. The van der Waals surface area contributed by atoms with Gasteiger partial charge in [-0.3, -0.25) is 5.41 Å². The van der Waals surface area contributed by atoms with E-state index in [4.69, 9.17) is 5.41 Å². The van der Waals surface area contributed by atoms with Crippen molar-refractivity contribution in [2.45, 2.75) is 96.2 Å². The van der Waals surface area contributed by atoms with Crippen molar-refractivity contribution in [2.75, 3.05) is 14.1 Å². The van der Waals surface area contributed by atoms with Gasteiger partial charge in [0.05, 0.1) is 11.7 Å². The van der Waals surface area contributed by atoms with Gasteiger partial charge < -0.3 is 15.1 Å². The Labute approximate surface area is 188 Å². The number of guanidine groups is 1. The Morgan fingerprint density at radius 1 is 1.10 bits per heavy atom. The molecule has 0 aromatic rings. The standard InChI is InChI=1S/C25H44N4O2/c1-23-12-10-19(30)16-18(23)7-8-21-20(23)11-13-24(2)17(9-14-25(21,24)31)6-5-15-27-28-22(26)29(3)4/h15,17-21,30-31H,5-14,16H2,1-4H3,(H2,26,28)/b27-15+/t17-,18+,19-,20-,21+,23-,24+,25-/m0/s1. The summed E-state index contributed by atoms with van der Waals surface area (Å²) in [5.74, 6) is 2.49. The molecule has 0 aromatic carbocycles. The van der Waals surface area contributed by atoms with Crippen molar-refractivity contribution >= 4 is 12.2 Å². The topological polar surface area (TPSA) is 91.9 Å². The van der Waals surface area contributed by atoms with Crippen molar-refractivity contribution in [2.24, 2.45) is 39.6 Å². The fourth-order valence-electron chi connectivity index (χ4n) is 8.32. The number of aliphatic hydroxyl groups is 2. The van der Waals surface area contributed by atoms with Crippen molar-refractivity contribution in [3.63, 3.8) is 0 Å². The Hall–Kier alpha value is -1.14. The van der Waals surface area contributed by atoms with E-state index in [-0.39, 0.29) is 17.5 Å². The van der Waals surface area contributed by atoms with E-state index >= 15 is 0 Å². The molecule has 4 fully saturated rings. The lowest BCUT2D eigenvalue weighted by molar-refractivity contribution is -0.210. The Bertz CT molecular complexity index is 712. The van der Waals surface area contributed by atoms with Gasteiger partial charge in [-0.05, 0) is 105 Å². The first-order valence-corrected chi connectivity index (χ1v) is 12.6. The van der Waals surface area contributed by atoms with E-state index in [1.165, 1.54) is 12.8 Å². The van der Waals surface area contributed by atoms with Crippen LogP contribution in [0.1, 0.15) is 84.5 Å². The summed E-state index contributed by atoms with van der Waals surface area (Å²) in [6.45, 7) is 4.85. The van der Waals surface area contributed by atoms with E-state index in [2.05, 4.69) is 24.4 Å². The Morgan fingerprint density at radius 2 is 1.87 bits per heavy atom. The highest BCUT2D eigenvalue weighted by Crippen LogP contribution is 2.69. The van der Waals surface area contributed by atoms with Gasteiger partial charge in [-0.25, -0.2) is 5.43 Å². The predicted molar refractivity (Wildman–Crippen MR) is 125 cm³/mol. The fourth-order valence-corrected chi connectivity index (χ4v) is 8.32. The minimum Gasteiger partial charge on any atom is -0.393 e. The summed E-state index contributed by atoms with van der Waals surface area (Å²) >= 11 is 0. The number of hydrogen-bond acceptors (Lipinski definition) is 4. The number of hydrogen-bond donors (Lipinski definition) is 4. The molecule has 0 radical (unpaired) electrons. The van der Waals surface area contributed by atoms with Crippen LogP contribution in [0.15, 0.2) is 5.10 Å². The largest absolute Gasteiger partial charge is 0.393 e. The second kappa shape index (κ2) is 8.33. The zero-order chi connectivity index (χ0) is 22.4. The van der Waals surface area contributed by atoms with Gasteiger partial charge >= 0.3 is 0 Å². The van der Waals surface area contributed by atoms with Gasteiger partial charge in [-0.2, -0.15) is 5.10 Å². The molecule has 31 heavy (non-hydrogen) atoms. The third-order valence-electron chi connectivity index (χ3n) is 10.4. The van der Waals surface area contributed by atoms with Gasteiger partial charge in [0.1, 0.15) is 0 Å². The minimum atomic E-state index is -0.535. The Balaban J connectivity index is 1.42. The maximum Gasteiger partial charge on any atom is 0.211 e. The van der Waals surface area contributed by atoms with Crippen LogP contribution in [0.25, 0.3) is 0 Å². The van der Waals surface area contributed by atoms with E-state index in [0.717, 1.165) is 57.8 Å². The van der Waals surface area contributed by atoms with Crippen LogP contribution < -0.4 is 5.43 Å². The lowest BCUT2D eigenvalue weighted by Gasteiger charge is -2.63. The molecular formula is C25H44N4O2. The summed E-state index contributed by atoms with van der Waals surface area (Å²) in [6, 6.07) is 0. The van der Waals surface area contributed by atoms with Crippen molar-refractivity contribution < 1.29 is 10.2 Å². The van der Waals surface area contributed by atoms with Crippen LogP contribution in [0.2, 0.25) is 0 Å². The summed E-state index contributed by atoms with van der Waals surface area (Å²) in [7, 11) is 3.65. The first-order valence-electron chi connectivity index (χ1n) is 12.6. The minimum absolute atomic E-state index is 0.00313. The van der Waals surface area contributed by atoms with Gasteiger partial charge in [0, 0.05) is 20.3 Å². The summed E-state index contributed by atoms with van der Waals surface area (Å²) in [4.78, 5) is 1.69. The monoisotopic (exact) mass is 432 g/mol. The van der Waals surface area contributed by atoms with Gasteiger partial charge in [-0.15, -0.1) is 0 Å². The lowest BCUT2D eigenvalue weighted by Crippen LogP contribution is -2.62. The second-order valence-electron chi connectivity index (χ2n) is 11.8. The number of hydrazone groups is 1. The van der Waals surface area contributed by atoms with Crippen molar-refractivity contribution in [1.82, 2.24) is 10.3 Å². The molecule has 0 aromatic heterocycles. The van der Waals surface area contributed by atoms with Gasteiger partial charge in [-0.1, -0.05) is 13.8 Å². The molecule has 4 saturated carbocycles. The molecule has 176 valence electrons. The molecule has 0 bridgehead atoms. The van der Waals surface area contributed by atoms with E-state index < -0.39 is 5.60 Å². The van der Waals surface area contributed by atoms with Crippen LogP contribution in [0, 0.1) is 39.9 Å². The first kappa shape index (κ1) is 23.0. The summed E-state index contributed by atoms with van der Waals surface area (Å²) in [6.07, 6.45) is 13.5. The SMILES string of the molecule is CN(C)C(=N)N/N=C/CC[C@H]1CC[C@]2(O)[C@@H]3CC[C@@H]4C[C@@H](O)CC[C@]4(C)[C@H]3CC[C@]12C. The fraction of sp³-hybridized carbons (Fsp3) is 0.920. The molecule has 4 rings (SSSR count). The highest BCUT2D eigenvalue weighted by Gasteiger charge is 2.66. The third-order valence-corrected chi connectivity index (χ3v) is 10.4. The molecule has 0 unspecified atom stereocenters. The Kier molecular flexibility index (Phi) is 6.19. The van der Waals surface area contributed by atoms with Crippen LogP contribution in [0.4, 0.5) is 0 Å². The smallest absolute Gasteiger partial charge is 0.211 e. The van der Waals surface area contributed by atoms with Crippen LogP contribution in [-0.4, -0.2) is 53.1 Å². The van der Waals surface area contributed by atoms with E-state index in [9.17, 15) is 10.2 Å². The van der Waals surface area contributed by atoms with E-state index in [1.807, 2.05) is 20.3 Å². The first-order chi connectivity index (χ1) is 14.6. The van der Waals surface area contributed by atoms with Crippen molar-refractivity contribution in [3.8, 4) is 0 Å². The molecule has 4 aliphatic rings. The molecular weight excluding hydrogens is 388 g/mol. The maximum atomic E-state index is 12.2. The average molecular weight is 433 g/mol. The number of fused-ring (bicyclic) bond motifs is 5. The predicted octanol–water partition coefficient (Wildman–Crippen LogP) is 3.97. The zero-order valence-corrected chi connectivity index (χ0v) is 20.0. The number of aliphatic hydroxyl groups excluding tert-OH is 1. The molecule has 8 atom stereocenters. The lowest BCUT2D eigenvalue weighted by atomic mass is 9.43. The number of nitrogens with one attached hydrogen (secondary N) is 2. The second-order valence-corrected chi connectivity index (χ2v) is 11.8. The van der Waals surface area contributed by atoms with Gasteiger partial charge in [0.25, 0.3) is 0 Å². The van der Waals surface area contributed by atoms with Crippen LogP contribution in [0.5, 0.6) is 0 Å². The van der Waals surface area contributed by atoms with E-state index in [0.29, 0.717) is 29.1 Å². The molecule has 0 saturated heterocycles. The third kappa shape index (κ3) is 3.72. The van der Waals surface area contributed by atoms with Gasteiger partial charge in [0.2, 0.25) is 5.96 Å². The molecule has 4 N–H and O–H groups in total. The zero-order valence-electron chi connectivity index (χ0n) is 20.0. The van der Waals surface area contributed by atoms with Crippen LogP contribution in [0.3, 0.4) is 0 Å². The molecule has 0 amide bonds. The average Bonchev–Trinajstić information content (AvgIpc) is 2.99. The van der Waals surface area contributed by atoms with E-state index in [1.54, 1.807) is 4.90 Å². The van der Waals surface area contributed by atoms with Crippen molar-refractivity contribution in [1.29, 1.82) is 5.41 Å². The molecule has 6 nitrogen and oxygen atoms in total. The summed E-state index contributed by atoms with van der Waals surface area (Å²) in [5, 5.41) is 34.4. The normalized spacial score (nSPS) is 46.8. The molecule has 0 spiro atoms. The Morgan fingerprint density at radius 3 is 2.61 bits per heavy atom. The molecule has 6 heteroatoms. The van der Waals surface area contributed by atoms with Gasteiger partial charge in [0.15, 0.2) is 0 Å². The van der Waals surface area contributed by atoms with Crippen molar-refractivity contribution in [3.05, 3.63) is 0 Å².